The number of nitrogens with zero attached hydrogens (tertiary/aromatic N) is 2. The van der Waals surface area contributed by atoms with Gasteiger partial charge in [-0.15, -0.1) is 0 Å². The molecule has 6 nitrogen and oxygen atoms in total. The molecule has 3 aromatic rings. The van der Waals surface area contributed by atoms with Crippen molar-refractivity contribution in [2.75, 3.05) is 7.05 Å². The van der Waals surface area contributed by atoms with Crippen LogP contribution in [0.1, 0.15) is 40.4 Å². The van der Waals surface area contributed by atoms with Gasteiger partial charge in [0.1, 0.15) is 0 Å². The summed E-state index contributed by atoms with van der Waals surface area (Å²) >= 11 is 0. The zero-order chi connectivity index (χ0) is 23.1. The van der Waals surface area contributed by atoms with Gasteiger partial charge in [-0.3, -0.25) is 4.79 Å². The summed E-state index contributed by atoms with van der Waals surface area (Å²) in [5, 5.41) is 4.26. The lowest BCUT2D eigenvalue weighted by Gasteiger charge is -2.17. The van der Waals surface area contributed by atoms with E-state index in [-0.39, 0.29) is 17.3 Å². The standard InChI is InChI=1S/C25H27N3O3S/c1-4-24(21-8-6-5-7-9-21)26-27-25(29)22-14-12-20(13-15-22)18-28(3)32(30,31)23-16-10-19(2)11-17-23/h5-17H,4,18H2,1-3H3,(H,27,29)/b26-24-. The summed E-state index contributed by atoms with van der Waals surface area (Å²) in [4.78, 5) is 12.7. The van der Waals surface area contributed by atoms with Crippen molar-refractivity contribution in [1.82, 2.24) is 9.73 Å². The van der Waals surface area contributed by atoms with Crippen LogP contribution < -0.4 is 5.43 Å². The molecular weight excluding hydrogens is 422 g/mol. The van der Waals surface area contributed by atoms with E-state index in [0.29, 0.717) is 12.0 Å². The molecule has 1 amide bonds. The van der Waals surface area contributed by atoms with Crippen molar-refractivity contribution in [3.05, 3.63) is 101 Å². The molecule has 3 aromatic carbocycles. The zero-order valence-corrected chi connectivity index (χ0v) is 19.3. The normalized spacial score (nSPS) is 12.1. The lowest BCUT2D eigenvalue weighted by Crippen LogP contribution is -2.26. The minimum atomic E-state index is -3.59. The highest BCUT2D eigenvalue weighted by molar-refractivity contribution is 7.89. The van der Waals surface area contributed by atoms with Crippen molar-refractivity contribution in [2.45, 2.75) is 31.7 Å². The molecule has 0 aliphatic heterocycles. The topological polar surface area (TPSA) is 78.8 Å². The summed E-state index contributed by atoms with van der Waals surface area (Å²) in [6.45, 7) is 4.09. The van der Waals surface area contributed by atoms with Gasteiger partial charge in [-0.1, -0.05) is 67.1 Å². The molecule has 0 bridgehead atoms. The fraction of sp³-hybridized carbons (Fsp3) is 0.200. The van der Waals surface area contributed by atoms with Crippen molar-refractivity contribution < 1.29 is 13.2 Å². The second-order valence-corrected chi connectivity index (χ2v) is 9.53. The molecule has 0 saturated carbocycles. The van der Waals surface area contributed by atoms with Crippen LogP contribution in [0.3, 0.4) is 0 Å². The SMILES string of the molecule is CC/C(=N/NC(=O)c1ccc(CN(C)S(=O)(=O)c2ccc(C)cc2)cc1)c1ccccc1. The molecule has 0 atom stereocenters. The number of nitrogens with one attached hydrogen (secondary N) is 1. The van der Waals surface area contributed by atoms with Crippen LogP contribution in [0.2, 0.25) is 0 Å². The number of carbonyl (C=O) groups is 1. The third kappa shape index (κ3) is 5.69. The Kier molecular flexibility index (Phi) is 7.56. The van der Waals surface area contributed by atoms with E-state index in [1.165, 1.54) is 4.31 Å². The maximum absolute atomic E-state index is 12.8. The van der Waals surface area contributed by atoms with Gasteiger partial charge in [0.15, 0.2) is 0 Å². The zero-order valence-electron chi connectivity index (χ0n) is 18.4. The highest BCUT2D eigenvalue weighted by Gasteiger charge is 2.20. The molecule has 7 heteroatoms. The number of hydrogen-bond donors (Lipinski definition) is 1. The first-order chi connectivity index (χ1) is 15.3. The first-order valence-corrected chi connectivity index (χ1v) is 11.8. The Morgan fingerprint density at radius 1 is 0.906 bits per heavy atom. The number of rotatable bonds is 8. The quantitative estimate of drug-likeness (QED) is 0.410. The molecule has 166 valence electrons. The van der Waals surface area contributed by atoms with E-state index >= 15 is 0 Å². The van der Waals surface area contributed by atoms with Crippen LogP contribution in [0.15, 0.2) is 88.9 Å². The summed E-state index contributed by atoms with van der Waals surface area (Å²) in [6.07, 6.45) is 0.686. The third-order valence-electron chi connectivity index (χ3n) is 5.08. The minimum absolute atomic E-state index is 0.199. The third-order valence-corrected chi connectivity index (χ3v) is 6.90. The predicted molar refractivity (Wildman–Crippen MR) is 127 cm³/mol. The highest BCUT2D eigenvalue weighted by atomic mass is 32.2. The van der Waals surface area contributed by atoms with E-state index in [1.54, 1.807) is 55.6 Å². The Labute approximate surface area is 189 Å². The lowest BCUT2D eigenvalue weighted by atomic mass is 10.1. The van der Waals surface area contributed by atoms with Crippen LogP contribution in [0, 0.1) is 6.92 Å². The smallest absolute Gasteiger partial charge is 0.267 e. The van der Waals surface area contributed by atoms with Crippen molar-refractivity contribution >= 4 is 21.6 Å². The maximum atomic E-state index is 12.8. The number of benzene rings is 3. The van der Waals surface area contributed by atoms with Crippen LogP contribution in [0.5, 0.6) is 0 Å². The molecule has 0 aliphatic carbocycles. The van der Waals surface area contributed by atoms with E-state index in [0.717, 1.165) is 22.4 Å². The Bertz CT molecular complexity index is 1190. The average molecular weight is 450 g/mol. The second kappa shape index (κ2) is 10.3. The van der Waals surface area contributed by atoms with Crippen molar-refractivity contribution in [2.24, 2.45) is 5.10 Å². The highest BCUT2D eigenvalue weighted by Crippen LogP contribution is 2.18. The Morgan fingerprint density at radius 2 is 1.53 bits per heavy atom. The minimum Gasteiger partial charge on any atom is -0.267 e. The molecule has 0 aromatic heterocycles. The largest absolute Gasteiger partial charge is 0.271 e. The van der Waals surface area contributed by atoms with Gasteiger partial charge in [0.2, 0.25) is 10.0 Å². The first-order valence-electron chi connectivity index (χ1n) is 10.4. The van der Waals surface area contributed by atoms with E-state index in [2.05, 4.69) is 10.5 Å². The Balaban J connectivity index is 1.66. The van der Waals surface area contributed by atoms with E-state index in [1.807, 2.05) is 44.2 Å². The van der Waals surface area contributed by atoms with Gasteiger partial charge in [-0.2, -0.15) is 9.41 Å². The fourth-order valence-corrected chi connectivity index (χ4v) is 4.31. The van der Waals surface area contributed by atoms with Gasteiger partial charge in [0, 0.05) is 19.2 Å². The molecule has 3 rings (SSSR count). The van der Waals surface area contributed by atoms with Crippen LogP contribution >= 0.6 is 0 Å². The molecule has 0 radical (unpaired) electrons. The average Bonchev–Trinajstić information content (AvgIpc) is 2.80. The van der Waals surface area contributed by atoms with Crippen LogP contribution in [-0.2, 0) is 16.6 Å². The van der Waals surface area contributed by atoms with Crippen LogP contribution in [0.25, 0.3) is 0 Å². The maximum Gasteiger partial charge on any atom is 0.271 e. The van der Waals surface area contributed by atoms with Gasteiger partial charge in [-0.25, -0.2) is 13.8 Å². The van der Waals surface area contributed by atoms with Crippen molar-refractivity contribution in [1.29, 1.82) is 0 Å². The molecule has 0 spiro atoms. The van der Waals surface area contributed by atoms with Crippen molar-refractivity contribution in [3.63, 3.8) is 0 Å². The molecule has 32 heavy (non-hydrogen) atoms. The molecule has 0 saturated heterocycles. The molecule has 1 N–H and O–H groups in total. The Morgan fingerprint density at radius 3 is 2.12 bits per heavy atom. The van der Waals surface area contributed by atoms with Crippen LogP contribution in [-0.4, -0.2) is 31.4 Å². The summed E-state index contributed by atoms with van der Waals surface area (Å²) in [6, 6.07) is 23.3. The first kappa shape index (κ1) is 23.4. The van der Waals surface area contributed by atoms with E-state index in [4.69, 9.17) is 0 Å². The number of aryl methyl sites for hydroxylation is 1. The number of hydrogen-bond acceptors (Lipinski definition) is 4. The lowest BCUT2D eigenvalue weighted by molar-refractivity contribution is 0.0954. The summed E-state index contributed by atoms with van der Waals surface area (Å²) in [5.41, 5.74) is 6.58. The molecule has 0 heterocycles. The molecule has 0 fully saturated rings. The summed E-state index contributed by atoms with van der Waals surface area (Å²) in [5.74, 6) is -0.320. The fourth-order valence-electron chi connectivity index (χ4n) is 3.15. The van der Waals surface area contributed by atoms with Crippen molar-refractivity contribution in [3.8, 4) is 0 Å². The van der Waals surface area contributed by atoms with Gasteiger partial charge in [0.05, 0.1) is 10.6 Å². The molecule has 0 aliphatic rings. The number of carbonyl (C=O) groups excluding carboxylic acids is 1. The number of sulfonamides is 1. The number of amides is 1. The molecular formula is C25H27N3O3S. The summed E-state index contributed by atoms with van der Waals surface area (Å²) in [7, 11) is -2.05. The Hall–Kier alpha value is -3.29. The number of hydrazone groups is 1. The monoisotopic (exact) mass is 449 g/mol. The van der Waals surface area contributed by atoms with E-state index < -0.39 is 10.0 Å². The van der Waals surface area contributed by atoms with Gasteiger partial charge < -0.3 is 0 Å². The summed E-state index contributed by atoms with van der Waals surface area (Å²) < 4.78 is 26.8. The second-order valence-electron chi connectivity index (χ2n) is 7.49. The van der Waals surface area contributed by atoms with Gasteiger partial charge in [-0.05, 0) is 48.7 Å². The predicted octanol–water partition coefficient (Wildman–Crippen LogP) is 4.36. The van der Waals surface area contributed by atoms with E-state index in [9.17, 15) is 13.2 Å². The van der Waals surface area contributed by atoms with Gasteiger partial charge in [0.25, 0.3) is 5.91 Å². The molecule has 0 unspecified atom stereocenters. The van der Waals surface area contributed by atoms with Gasteiger partial charge >= 0.3 is 0 Å². The van der Waals surface area contributed by atoms with Crippen LogP contribution in [0.4, 0.5) is 0 Å².